The summed E-state index contributed by atoms with van der Waals surface area (Å²) in [4.78, 5) is 19.7. The summed E-state index contributed by atoms with van der Waals surface area (Å²) >= 11 is 0. The highest BCUT2D eigenvalue weighted by molar-refractivity contribution is 5.75. The molecule has 1 saturated heterocycles. The van der Waals surface area contributed by atoms with Gasteiger partial charge in [0.1, 0.15) is 11.9 Å². The third kappa shape index (κ3) is 3.48. The van der Waals surface area contributed by atoms with Crippen molar-refractivity contribution in [3.8, 4) is 0 Å². The van der Waals surface area contributed by atoms with Gasteiger partial charge in [-0.25, -0.2) is 4.39 Å². The minimum Gasteiger partial charge on any atom is -0.480 e. The molecular weight excluding hydrogens is 297 g/mol. The number of nitrogens with zero attached hydrogens (tertiary/aromatic N) is 3. The van der Waals surface area contributed by atoms with E-state index < -0.39 is 12.0 Å². The Morgan fingerprint density at radius 3 is 2.22 bits per heavy atom. The molecule has 0 amide bonds. The van der Waals surface area contributed by atoms with Crippen LogP contribution in [0.15, 0.2) is 48.8 Å². The fourth-order valence-corrected chi connectivity index (χ4v) is 2.95. The number of halogens is 1. The molecule has 2 heterocycles. The second-order valence-corrected chi connectivity index (χ2v) is 5.52. The number of aromatic nitrogens is 1. The third-order valence-corrected chi connectivity index (χ3v) is 4.13. The van der Waals surface area contributed by atoms with Crippen molar-refractivity contribution < 1.29 is 14.3 Å². The van der Waals surface area contributed by atoms with Crippen LogP contribution in [0.3, 0.4) is 0 Å². The van der Waals surface area contributed by atoms with Crippen molar-refractivity contribution in [1.82, 2.24) is 9.88 Å². The predicted octanol–water partition coefficient (Wildman–Crippen LogP) is 2.17. The molecule has 0 bridgehead atoms. The Labute approximate surface area is 134 Å². The lowest BCUT2D eigenvalue weighted by molar-refractivity contribution is -0.143. The summed E-state index contributed by atoms with van der Waals surface area (Å²) < 4.78 is 13.0. The first-order valence-corrected chi connectivity index (χ1v) is 7.52. The summed E-state index contributed by atoms with van der Waals surface area (Å²) in [6.07, 6.45) is 3.22. The van der Waals surface area contributed by atoms with E-state index in [1.807, 2.05) is 4.90 Å². The summed E-state index contributed by atoms with van der Waals surface area (Å²) in [7, 11) is 0. The number of hydrogen-bond donors (Lipinski definition) is 1. The molecular formula is C17H18FN3O2. The smallest absolute Gasteiger partial charge is 0.325 e. The standard InChI is InChI=1S/C17H18FN3O2/c18-14-1-3-15(4-2-14)20-9-11-21(12-10-20)16(17(22)23)13-5-7-19-8-6-13/h1-8,16H,9-12H2,(H,22,23). The van der Waals surface area contributed by atoms with Gasteiger partial charge >= 0.3 is 5.97 Å². The highest BCUT2D eigenvalue weighted by atomic mass is 19.1. The molecule has 1 unspecified atom stereocenters. The average molecular weight is 315 g/mol. The maximum atomic E-state index is 13.0. The van der Waals surface area contributed by atoms with E-state index in [1.165, 1.54) is 12.1 Å². The number of hydrogen-bond acceptors (Lipinski definition) is 4. The summed E-state index contributed by atoms with van der Waals surface area (Å²) in [5.74, 6) is -1.11. The largest absolute Gasteiger partial charge is 0.480 e. The van der Waals surface area contributed by atoms with Gasteiger partial charge in [0.25, 0.3) is 0 Å². The Kier molecular flexibility index (Phi) is 4.52. The first-order chi connectivity index (χ1) is 11.1. The lowest BCUT2D eigenvalue weighted by Gasteiger charge is -2.38. The number of aliphatic carboxylic acids is 1. The molecule has 1 N–H and O–H groups in total. The quantitative estimate of drug-likeness (QED) is 0.937. The maximum Gasteiger partial charge on any atom is 0.325 e. The van der Waals surface area contributed by atoms with Gasteiger partial charge in [0, 0.05) is 44.3 Å². The van der Waals surface area contributed by atoms with Gasteiger partial charge in [-0.05, 0) is 42.0 Å². The van der Waals surface area contributed by atoms with Crippen molar-refractivity contribution >= 4 is 11.7 Å². The van der Waals surface area contributed by atoms with Crippen molar-refractivity contribution in [3.63, 3.8) is 0 Å². The van der Waals surface area contributed by atoms with Crippen LogP contribution in [0.1, 0.15) is 11.6 Å². The predicted molar refractivity (Wildman–Crippen MR) is 84.8 cm³/mol. The Morgan fingerprint density at radius 2 is 1.65 bits per heavy atom. The molecule has 0 spiro atoms. The van der Waals surface area contributed by atoms with Crippen molar-refractivity contribution in [2.24, 2.45) is 0 Å². The number of piperazine rings is 1. The zero-order valence-electron chi connectivity index (χ0n) is 12.6. The monoisotopic (exact) mass is 315 g/mol. The Bertz CT molecular complexity index is 655. The lowest BCUT2D eigenvalue weighted by Crippen LogP contribution is -2.49. The van der Waals surface area contributed by atoms with Crippen LogP contribution in [-0.4, -0.2) is 47.1 Å². The van der Waals surface area contributed by atoms with E-state index in [-0.39, 0.29) is 5.82 Å². The van der Waals surface area contributed by atoms with E-state index in [9.17, 15) is 14.3 Å². The minimum absolute atomic E-state index is 0.254. The van der Waals surface area contributed by atoms with Crippen LogP contribution in [0.25, 0.3) is 0 Å². The van der Waals surface area contributed by atoms with Gasteiger partial charge in [-0.3, -0.25) is 14.7 Å². The highest BCUT2D eigenvalue weighted by Gasteiger charge is 2.30. The van der Waals surface area contributed by atoms with Crippen LogP contribution in [0.5, 0.6) is 0 Å². The van der Waals surface area contributed by atoms with E-state index in [2.05, 4.69) is 9.88 Å². The molecule has 1 aliphatic rings. The average Bonchev–Trinajstić information content (AvgIpc) is 2.57. The normalized spacial score (nSPS) is 17.0. The van der Waals surface area contributed by atoms with Crippen molar-refractivity contribution in [1.29, 1.82) is 0 Å². The molecule has 1 fully saturated rings. The number of carboxylic acid groups (broad SMARTS) is 1. The number of rotatable bonds is 4. The molecule has 6 heteroatoms. The van der Waals surface area contributed by atoms with Gasteiger partial charge in [-0.2, -0.15) is 0 Å². The van der Waals surface area contributed by atoms with Gasteiger partial charge in [0.2, 0.25) is 0 Å². The topological polar surface area (TPSA) is 56.7 Å². The van der Waals surface area contributed by atoms with Crippen LogP contribution >= 0.6 is 0 Å². The molecule has 3 rings (SSSR count). The molecule has 1 aromatic heterocycles. The number of carboxylic acids is 1. The Hall–Kier alpha value is -2.47. The van der Waals surface area contributed by atoms with E-state index in [4.69, 9.17) is 0 Å². The van der Waals surface area contributed by atoms with Gasteiger partial charge in [-0.1, -0.05) is 0 Å². The summed E-state index contributed by atoms with van der Waals surface area (Å²) in [5, 5.41) is 9.58. The first kappa shape index (κ1) is 15.4. The van der Waals surface area contributed by atoms with Gasteiger partial charge in [0.05, 0.1) is 0 Å². The van der Waals surface area contributed by atoms with Gasteiger partial charge < -0.3 is 10.0 Å². The van der Waals surface area contributed by atoms with Gasteiger partial charge in [-0.15, -0.1) is 0 Å². The third-order valence-electron chi connectivity index (χ3n) is 4.13. The molecule has 0 saturated carbocycles. The minimum atomic E-state index is -0.855. The number of benzene rings is 1. The first-order valence-electron chi connectivity index (χ1n) is 7.52. The van der Waals surface area contributed by atoms with Crippen LogP contribution in [-0.2, 0) is 4.79 Å². The van der Waals surface area contributed by atoms with E-state index in [0.717, 1.165) is 11.3 Å². The molecule has 23 heavy (non-hydrogen) atoms. The number of carbonyl (C=O) groups is 1. The second kappa shape index (κ2) is 6.75. The van der Waals surface area contributed by atoms with E-state index >= 15 is 0 Å². The molecule has 0 aliphatic carbocycles. The molecule has 0 radical (unpaired) electrons. The van der Waals surface area contributed by atoms with Crippen molar-refractivity contribution in [2.75, 3.05) is 31.1 Å². The fraction of sp³-hybridized carbons (Fsp3) is 0.294. The van der Waals surface area contributed by atoms with E-state index in [1.54, 1.807) is 36.7 Å². The fourth-order valence-electron chi connectivity index (χ4n) is 2.95. The zero-order chi connectivity index (χ0) is 16.2. The molecule has 2 aromatic rings. The van der Waals surface area contributed by atoms with Crippen LogP contribution < -0.4 is 4.90 Å². The van der Waals surface area contributed by atoms with Crippen LogP contribution in [0, 0.1) is 5.82 Å². The molecule has 5 nitrogen and oxygen atoms in total. The summed E-state index contributed by atoms with van der Waals surface area (Å²) in [6.45, 7) is 2.69. The SMILES string of the molecule is O=C(O)C(c1ccncc1)N1CCN(c2ccc(F)cc2)CC1. The van der Waals surface area contributed by atoms with Crippen molar-refractivity contribution in [2.45, 2.75) is 6.04 Å². The van der Waals surface area contributed by atoms with Crippen LogP contribution in [0.2, 0.25) is 0 Å². The number of anilines is 1. The molecule has 120 valence electrons. The lowest BCUT2D eigenvalue weighted by atomic mass is 10.1. The van der Waals surface area contributed by atoms with Gasteiger partial charge in [0.15, 0.2) is 0 Å². The van der Waals surface area contributed by atoms with Crippen LogP contribution in [0.4, 0.5) is 10.1 Å². The highest BCUT2D eigenvalue weighted by Crippen LogP contribution is 2.24. The second-order valence-electron chi connectivity index (χ2n) is 5.52. The molecule has 1 atom stereocenters. The number of pyridine rings is 1. The Balaban J connectivity index is 1.69. The van der Waals surface area contributed by atoms with Crippen molar-refractivity contribution in [3.05, 3.63) is 60.2 Å². The Morgan fingerprint density at radius 1 is 1.04 bits per heavy atom. The molecule has 1 aromatic carbocycles. The zero-order valence-corrected chi connectivity index (χ0v) is 12.6. The van der Waals surface area contributed by atoms with E-state index in [0.29, 0.717) is 26.2 Å². The maximum absolute atomic E-state index is 13.0. The summed E-state index contributed by atoms with van der Waals surface area (Å²) in [6, 6.07) is 9.21. The summed E-state index contributed by atoms with van der Waals surface area (Å²) in [5.41, 5.74) is 1.70. The molecule has 1 aliphatic heterocycles.